The lowest BCUT2D eigenvalue weighted by Crippen LogP contribution is -2.64. The SMILES string of the molecule is CCCCCCCCCCCCCCCC[N+](C(C)O)(C(C)O)C(C)O. The lowest BCUT2D eigenvalue weighted by atomic mass is 10.0. The molecule has 0 heterocycles. The van der Waals surface area contributed by atoms with Crippen LogP contribution in [0, 0.1) is 0 Å². The lowest BCUT2D eigenvalue weighted by Gasteiger charge is -2.45. The van der Waals surface area contributed by atoms with Crippen LogP contribution in [0.5, 0.6) is 0 Å². The van der Waals surface area contributed by atoms with Gasteiger partial charge in [-0.25, -0.2) is 4.48 Å². The van der Waals surface area contributed by atoms with Gasteiger partial charge in [0.1, 0.15) is 0 Å². The molecule has 3 unspecified atom stereocenters. The quantitative estimate of drug-likeness (QED) is 0.173. The molecule has 0 saturated carbocycles. The minimum absolute atomic E-state index is 0.0434. The number of aliphatic hydroxyl groups excluding tert-OH is 3. The molecule has 0 bridgehead atoms. The zero-order valence-corrected chi connectivity index (χ0v) is 18.1. The smallest absolute Gasteiger partial charge is 0.191 e. The van der Waals surface area contributed by atoms with Crippen LogP contribution in [0.15, 0.2) is 0 Å². The van der Waals surface area contributed by atoms with Crippen molar-refractivity contribution in [3.8, 4) is 0 Å². The van der Waals surface area contributed by atoms with Crippen molar-refractivity contribution < 1.29 is 19.8 Å². The van der Waals surface area contributed by atoms with Crippen LogP contribution in [0.3, 0.4) is 0 Å². The summed E-state index contributed by atoms with van der Waals surface area (Å²) in [6, 6.07) is 0. The summed E-state index contributed by atoms with van der Waals surface area (Å²) in [5.41, 5.74) is 0. The number of hydrogen-bond acceptors (Lipinski definition) is 3. The monoisotopic (exact) mass is 374 g/mol. The molecule has 0 aliphatic rings. The largest absolute Gasteiger partial charge is 0.345 e. The second kappa shape index (κ2) is 15.9. The Morgan fingerprint density at radius 1 is 0.500 bits per heavy atom. The highest BCUT2D eigenvalue weighted by Crippen LogP contribution is 2.23. The van der Waals surface area contributed by atoms with Gasteiger partial charge in [-0.2, -0.15) is 0 Å². The second-order valence-corrected chi connectivity index (χ2v) is 8.21. The summed E-state index contributed by atoms with van der Waals surface area (Å²) in [5.74, 6) is 0. The van der Waals surface area contributed by atoms with Gasteiger partial charge in [0.25, 0.3) is 0 Å². The van der Waals surface area contributed by atoms with Gasteiger partial charge in [-0.3, -0.25) is 0 Å². The molecule has 4 nitrogen and oxygen atoms in total. The van der Waals surface area contributed by atoms with E-state index in [1.165, 1.54) is 77.0 Å². The topological polar surface area (TPSA) is 60.7 Å². The fourth-order valence-corrected chi connectivity index (χ4v) is 4.08. The summed E-state index contributed by atoms with van der Waals surface area (Å²) < 4.78 is -0.0434. The molecule has 0 aliphatic carbocycles. The van der Waals surface area contributed by atoms with Crippen LogP contribution in [-0.2, 0) is 0 Å². The van der Waals surface area contributed by atoms with Crippen molar-refractivity contribution in [3.63, 3.8) is 0 Å². The van der Waals surface area contributed by atoms with E-state index in [1.807, 2.05) is 0 Å². The third-order valence-corrected chi connectivity index (χ3v) is 5.99. The highest BCUT2D eigenvalue weighted by atomic mass is 16.4. The first-order valence-corrected chi connectivity index (χ1v) is 11.3. The fraction of sp³-hybridized carbons (Fsp3) is 1.00. The van der Waals surface area contributed by atoms with E-state index in [1.54, 1.807) is 20.8 Å². The molecule has 0 radical (unpaired) electrons. The predicted molar refractivity (Wildman–Crippen MR) is 110 cm³/mol. The Kier molecular flexibility index (Phi) is 15.8. The van der Waals surface area contributed by atoms with Crippen LogP contribution in [0.25, 0.3) is 0 Å². The summed E-state index contributed by atoms with van der Waals surface area (Å²) in [7, 11) is 0. The summed E-state index contributed by atoms with van der Waals surface area (Å²) in [4.78, 5) is 0. The fourth-order valence-electron chi connectivity index (χ4n) is 4.08. The molecule has 0 amide bonds. The lowest BCUT2D eigenvalue weighted by molar-refractivity contribution is -1.04. The zero-order chi connectivity index (χ0) is 19.8. The maximum absolute atomic E-state index is 10.1. The molecule has 158 valence electrons. The number of quaternary nitrogens is 1. The zero-order valence-electron chi connectivity index (χ0n) is 18.1. The number of unbranched alkanes of at least 4 members (excludes halogenated alkanes) is 13. The van der Waals surface area contributed by atoms with Crippen LogP contribution >= 0.6 is 0 Å². The molecular weight excluding hydrogens is 326 g/mol. The van der Waals surface area contributed by atoms with Crippen LogP contribution in [0.4, 0.5) is 0 Å². The van der Waals surface area contributed by atoms with Gasteiger partial charge in [-0.1, -0.05) is 84.0 Å². The van der Waals surface area contributed by atoms with E-state index in [0.717, 1.165) is 12.8 Å². The molecule has 26 heavy (non-hydrogen) atoms. The van der Waals surface area contributed by atoms with Crippen LogP contribution in [0.2, 0.25) is 0 Å². The second-order valence-electron chi connectivity index (χ2n) is 8.21. The standard InChI is InChI=1S/C22H48NO3/c1-5-6-7-8-9-10-11-12-13-14-15-16-17-18-19-23(20(2)24,21(3)25)22(4)26/h20-22,24-26H,5-19H2,1-4H3/q+1. The van der Waals surface area contributed by atoms with Crippen molar-refractivity contribution in [3.05, 3.63) is 0 Å². The first-order chi connectivity index (χ1) is 12.4. The van der Waals surface area contributed by atoms with Gasteiger partial charge in [0.15, 0.2) is 18.7 Å². The maximum Gasteiger partial charge on any atom is 0.191 e. The third kappa shape index (κ3) is 10.2. The Bertz CT molecular complexity index is 284. The minimum atomic E-state index is -0.767. The summed E-state index contributed by atoms with van der Waals surface area (Å²) in [6.45, 7) is 7.85. The number of rotatable bonds is 18. The highest BCUT2D eigenvalue weighted by Gasteiger charge is 2.41. The van der Waals surface area contributed by atoms with E-state index < -0.39 is 18.7 Å². The van der Waals surface area contributed by atoms with E-state index in [4.69, 9.17) is 0 Å². The van der Waals surface area contributed by atoms with Crippen molar-refractivity contribution in [2.75, 3.05) is 6.54 Å². The molecule has 3 atom stereocenters. The van der Waals surface area contributed by atoms with Gasteiger partial charge in [0.05, 0.1) is 6.54 Å². The molecule has 0 saturated heterocycles. The molecule has 0 spiro atoms. The molecule has 0 aromatic rings. The van der Waals surface area contributed by atoms with E-state index >= 15 is 0 Å². The van der Waals surface area contributed by atoms with Gasteiger partial charge in [0.2, 0.25) is 0 Å². The van der Waals surface area contributed by atoms with E-state index in [0.29, 0.717) is 6.54 Å². The van der Waals surface area contributed by atoms with Gasteiger partial charge >= 0.3 is 0 Å². The van der Waals surface area contributed by atoms with Crippen molar-refractivity contribution in [1.29, 1.82) is 0 Å². The predicted octanol–water partition coefficient (Wildman–Crippen LogP) is 5.30. The van der Waals surface area contributed by atoms with Crippen LogP contribution in [0.1, 0.15) is 118 Å². The first kappa shape index (κ1) is 25.8. The van der Waals surface area contributed by atoms with Crippen molar-refractivity contribution in [2.24, 2.45) is 0 Å². The summed E-state index contributed by atoms with van der Waals surface area (Å²) in [6.07, 6.45) is 16.0. The van der Waals surface area contributed by atoms with Gasteiger partial charge in [-0.05, 0) is 12.8 Å². The number of aliphatic hydroxyl groups is 3. The van der Waals surface area contributed by atoms with Gasteiger partial charge in [-0.15, -0.1) is 0 Å². The van der Waals surface area contributed by atoms with Crippen molar-refractivity contribution in [1.82, 2.24) is 0 Å². The Balaban J connectivity index is 3.63. The molecule has 0 fully saturated rings. The summed E-state index contributed by atoms with van der Waals surface area (Å²) in [5, 5.41) is 30.2. The van der Waals surface area contributed by atoms with E-state index in [9.17, 15) is 15.3 Å². The average molecular weight is 375 g/mol. The summed E-state index contributed by atoms with van der Waals surface area (Å²) >= 11 is 0. The minimum Gasteiger partial charge on any atom is -0.345 e. The van der Waals surface area contributed by atoms with Crippen molar-refractivity contribution in [2.45, 2.75) is 136 Å². The van der Waals surface area contributed by atoms with Crippen molar-refractivity contribution >= 4 is 0 Å². The Morgan fingerprint density at radius 2 is 0.769 bits per heavy atom. The normalized spacial score (nSPS) is 17.7. The van der Waals surface area contributed by atoms with Gasteiger partial charge in [0, 0.05) is 20.8 Å². The molecule has 3 N–H and O–H groups in total. The average Bonchev–Trinajstić information content (AvgIpc) is 2.57. The Morgan fingerprint density at radius 3 is 1.04 bits per heavy atom. The van der Waals surface area contributed by atoms with E-state index in [-0.39, 0.29) is 4.48 Å². The Hall–Kier alpha value is -0.160. The van der Waals surface area contributed by atoms with Gasteiger partial charge < -0.3 is 15.3 Å². The molecular formula is C22H48NO3+. The van der Waals surface area contributed by atoms with Crippen LogP contribution < -0.4 is 0 Å². The third-order valence-electron chi connectivity index (χ3n) is 5.99. The Labute approximate surface area is 163 Å². The number of hydrogen-bond donors (Lipinski definition) is 3. The maximum atomic E-state index is 10.1. The molecule has 0 aromatic heterocycles. The molecule has 0 rings (SSSR count). The molecule has 4 heteroatoms. The highest BCUT2D eigenvalue weighted by molar-refractivity contribution is 4.52. The molecule has 0 aromatic carbocycles. The van der Waals surface area contributed by atoms with E-state index in [2.05, 4.69) is 6.92 Å². The first-order valence-electron chi connectivity index (χ1n) is 11.3. The number of nitrogens with zero attached hydrogens (tertiary/aromatic N) is 1. The molecule has 0 aliphatic heterocycles. The van der Waals surface area contributed by atoms with Crippen LogP contribution in [-0.4, -0.2) is 45.0 Å².